The van der Waals surface area contributed by atoms with Gasteiger partial charge in [-0.15, -0.1) is 0 Å². The van der Waals surface area contributed by atoms with Crippen LogP contribution >= 0.6 is 11.6 Å². The SMILES string of the molecule is Cc1ccc(C(=O)C2=NO[C@@H]3C(=O)N(c4ccc(Cl)cc4)C(=O)[C@H]23)cc1. The number of Topliss-reactive ketones (excluding diaryl/α,β-unsaturated/α-hetero) is 1. The highest BCUT2D eigenvalue weighted by Crippen LogP contribution is 2.34. The van der Waals surface area contributed by atoms with E-state index in [0.717, 1.165) is 10.5 Å². The molecule has 1 saturated heterocycles. The second-order valence-electron chi connectivity index (χ2n) is 6.16. The van der Waals surface area contributed by atoms with Gasteiger partial charge in [0.05, 0.1) is 5.69 Å². The Morgan fingerprint density at radius 1 is 1.04 bits per heavy atom. The topological polar surface area (TPSA) is 76.0 Å². The Balaban J connectivity index is 1.65. The lowest BCUT2D eigenvalue weighted by atomic mass is 9.93. The van der Waals surface area contributed by atoms with Crippen LogP contribution in [0, 0.1) is 12.8 Å². The van der Waals surface area contributed by atoms with Crippen LogP contribution in [0.5, 0.6) is 0 Å². The number of fused-ring (bicyclic) bond motifs is 1. The third-order valence-electron chi connectivity index (χ3n) is 4.44. The molecular formula is C19H13ClN2O4. The van der Waals surface area contributed by atoms with Gasteiger partial charge < -0.3 is 4.84 Å². The second-order valence-corrected chi connectivity index (χ2v) is 6.60. The van der Waals surface area contributed by atoms with Crippen LogP contribution in [0.15, 0.2) is 53.7 Å². The molecule has 1 fully saturated rings. The summed E-state index contributed by atoms with van der Waals surface area (Å²) in [5.74, 6) is -2.53. The summed E-state index contributed by atoms with van der Waals surface area (Å²) in [6, 6.07) is 13.2. The number of carbonyl (C=O) groups is 3. The number of anilines is 1. The molecule has 7 heteroatoms. The van der Waals surface area contributed by atoms with E-state index in [0.29, 0.717) is 16.3 Å². The summed E-state index contributed by atoms with van der Waals surface area (Å²) in [6.07, 6.45) is -1.11. The van der Waals surface area contributed by atoms with E-state index >= 15 is 0 Å². The van der Waals surface area contributed by atoms with Gasteiger partial charge in [-0.25, -0.2) is 4.90 Å². The molecular weight excluding hydrogens is 356 g/mol. The van der Waals surface area contributed by atoms with Crippen molar-refractivity contribution in [2.45, 2.75) is 13.0 Å². The van der Waals surface area contributed by atoms with Gasteiger partial charge >= 0.3 is 0 Å². The molecule has 0 unspecified atom stereocenters. The summed E-state index contributed by atoms with van der Waals surface area (Å²) in [7, 11) is 0. The summed E-state index contributed by atoms with van der Waals surface area (Å²) in [4.78, 5) is 44.3. The molecule has 0 spiro atoms. The first-order chi connectivity index (χ1) is 12.5. The second kappa shape index (κ2) is 6.07. The Bertz CT molecular complexity index is 951. The Kier molecular flexibility index (Phi) is 3.85. The van der Waals surface area contributed by atoms with Crippen molar-refractivity contribution in [3.05, 3.63) is 64.7 Å². The number of hydrogen-bond acceptors (Lipinski definition) is 5. The lowest BCUT2D eigenvalue weighted by Gasteiger charge is -2.15. The van der Waals surface area contributed by atoms with Crippen molar-refractivity contribution in [1.29, 1.82) is 0 Å². The summed E-state index contributed by atoms with van der Waals surface area (Å²) in [5, 5.41) is 4.23. The number of ketones is 1. The highest BCUT2D eigenvalue weighted by molar-refractivity contribution is 6.52. The zero-order chi connectivity index (χ0) is 18.4. The Hall–Kier alpha value is -2.99. The molecule has 2 amide bonds. The maximum atomic E-state index is 12.8. The predicted molar refractivity (Wildman–Crippen MR) is 95.3 cm³/mol. The Morgan fingerprint density at radius 2 is 1.69 bits per heavy atom. The van der Waals surface area contributed by atoms with Crippen molar-refractivity contribution < 1.29 is 19.2 Å². The maximum Gasteiger partial charge on any atom is 0.278 e. The number of carbonyl (C=O) groups excluding carboxylic acids is 3. The minimum absolute atomic E-state index is 0.0475. The van der Waals surface area contributed by atoms with E-state index in [1.165, 1.54) is 0 Å². The standard InChI is InChI=1S/C19H13ClN2O4/c1-10-2-4-11(5-3-10)16(23)15-14-17(26-21-15)19(25)22(18(14)24)13-8-6-12(20)7-9-13/h2-9,14,17H,1H3/t14-,17+/m1/s1. The van der Waals surface area contributed by atoms with Crippen LogP contribution in [-0.4, -0.2) is 29.4 Å². The summed E-state index contributed by atoms with van der Waals surface area (Å²) < 4.78 is 0. The Morgan fingerprint density at radius 3 is 2.35 bits per heavy atom. The van der Waals surface area contributed by atoms with E-state index in [9.17, 15) is 14.4 Å². The van der Waals surface area contributed by atoms with Crippen LogP contribution in [0.2, 0.25) is 5.02 Å². The number of amides is 2. The third kappa shape index (κ3) is 2.50. The van der Waals surface area contributed by atoms with Crippen LogP contribution in [0.1, 0.15) is 15.9 Å². The first-order valence-electron chi connectivity index (χ1n) is 7.96. The van der Waals surface area contributed by atoms with Crippen molar-refractivity contribution in [3.63, 3.8) is 0 Å². The largest absolute Gasteiger partial charge is 0.381 e. The smallest absolute Gasteiger partial charge is 0.278 e. The molecule has 26 heavy (non-hydrogen) atoms. The molecule has 130 valence electrons. The minimum atomic E-state index is -1.11. The molecule has 0 aromatic heterocycles. The van der Waals surface area contributed by atoms with Crippen molar-refractivity contribution in [2.24, 2.45) is 11.1 Å². The van der Waals surface area contributed by atoms with Crippen LogP contribution in [0.3, 0.4) is 0 Å². The van der Waals surface area contributed by atoms with Gasteiger partial charge in [0, 0.05) is 10.6 Å². The molecule has 2 heterocycles. The molecule has 0 saturated carbocycles. The number of hydrogen-bond donors (Lipinski definition) is 0. The van der Waals surface area contributed by atoms with Gasteiger partial charge in [0.2, 0.25) is 17.8 Å². The summed E-state index contributed by atoms with van der Waals surface area (Å²) in [6.45, 7) is 1.91. The summed E-state index contributed by atoms with van der Waals surface area (Å²) >= 11 is 5.85. The zero-order valence-electron chi connectivity index (χ0n) is 13.7. The van der Waals surface area contributed by atoms with Gasteiger partial charge in [-0.3, -0.25) is 14.4 Å². The molecule has 0 bridgehead atoms. The zero-order valence-corrected chi connectivity index (χ0v) is 14.4. The van der Waals surface area contributed by atoms with Crippen molar-refractivity contribution in [3.8, 4) is 0 Å². The third-order valence-corrected chi connectivity index (χ3v) is 4.70. The summed E-state index contributed by atoms with van der Waals surface area (Å²) in [5.41, 5.74) is 1.73. The Labute approximate surface area is 154 Å². The number of benzene rings is 2. The van der Waals surface area contributed by atoms with Gasteiger partial charge in [-0.05, 0) is 31.2 Å². The first kappa shape index (κ1) is 16.5. The van der Waals surface area contributed by atoms with Gasteiger partial charge in [0.1, 0.15) is 11.6 Å². The predicted octanol–water partition coefficient (Wildman–Crippen LogP) is 2.78. The quantitative estimate of drug-likeness (QED) is 0.616. The number of halogens is 1. The molecule has 0 aliphatic carbocycles. The van der Waals surface area contributed by atoms with Crippen LogP contribution < -0.4 is 4.90 Å². The average Bonchev–Trinajstić information content (AvgIpc) is 3.17. The molecule has 0 radical (unpaired) electrons. The van der Waals surface area contributed by atoms with Crippen LogP contribution in [0.25, 0.3) is 0 Å². The first-order valence-corrected chi connectivity index (χ1v) is 8.33. The lowest BCUT2D eigenvalue weighted by molar-refractivity contribution is -0.126. The van der Waals surface area contributed by atoms with Crippen LogP contribution in [-0.2, 0) is 14.4 Å². The highest BCUT2D eigenvalue weighted by Gasteiger charge is 2.57. The monoisotopic (exact) mass is 368 g/mol. The highest BCUT2D eigenvalue weighted by atomic mass is 35.5. The molecule has 4 rings (SSSR count). The average molecular weight is 369 g/mol. The molecule has 2 aromatic carbocycles. The van der Waals surface area contributed by atoms with Gasteiger partial charge in [0.15, 0.2) is 0 Å². The van der Waals surface area contributed by atoms with Crippen molar-refractivity contribution >= 4 is 40.6 Å². The molecule has 2 aliphatic heterocycles. The van der Waals surface area contributed by atoms with E-state index in [1.54, 1.807) is 48.5 Å². The number of nitrogens with zero attached hydrogens (tertiary/aromatic N) is 2. The number of oxime groups is 1. The molecule has 0 N–H and O–H groups in total. The number of rotatable bonds is 3. The van der Waals surface area contributed by atoms with Gasteiger partial charge in [-0.2, -0.15) is 0 Å². The minimum Gasteiger partial charge on any atom is -0.381 e. The fourth-order valence-electron chi connectivity index (χ4n) is 3.06. The van der Waals surface area contributed by atoms with Gasteiger partial charge in [-0.1, -0.05) is 46.6 Å². The lowest BCUT2D eigenvalue weighted by Crippen LogP contribution is -2.34. The van der Waals surface area contributed by atoms with Crippen LogP contribution in [0.4, 0.5) is 5.69 Å². The van der Waals surface area contributed by atoms with E-state index in [2.05, 4.69) is 5.16 Å². The van der Waals surface area contributed by atoms with E-state index < -0.39 is 29.6 Å². The molecule has 6 nitrogen and oxygen atoms in total. The molecule has 2 aromatic rings. The van der Waals surface area contributed by atoms with E-state index in [-0.39, 0.29) is 5.71 Å². The number of aryl methyl sites for hydroxylation is 1. The molecule has 2 atom stereocenters. The fraction of sp³-hybridized carbons (Fsp3) is 0.158. The van der Waals surface area contributed by atoms with E-state index in [1.807, 2.05) is 6.92 Å². The normalized spacial score (nSPS) is 21.5. The maximum absolute atomic E-state index is 12.8. The van der Waals surface area contributed by atoms with Gasteiger partial charge in [0.25, 0.3) is 5.91 Å². The molecule has 2 aliphatic rings. The van der Waals surface area contributed by atoms with Crippen molar-refractivity contribution in [1.82, 2.24) is 0 Å². The van der Waals surface area contributed by atoms with Crippen molar-refractivity contribution in [2.75, 3.05) is 4.90 Å². The van der Waals surface area contributed by atoms with E-state index in [4.69, 9.17) is 16.4 Å². The fourth-order valence-corrected chi connectivity index (χ4v) is 3.19. The number of imide groups is 1.